The Balaban J connectivity index is 2.41. The minimum atomic E-state index is -3.64. The van der Waals surface area contributed by atoms with Gasteiger partial charge < -0.3 is 5.32 Å². The quantitative estimate of drug-likeness (QED) is 0.901. The van der Waals surface area contributed by atoms with E-state index in [1.165, 1.54) is 32.3 Å². The molecule has 0 aliphatic heterocycles. The van der Waals surface area contributed by atoms with E-state index in [0.717, 1.165) is 15.4 Å². The van der Waals surface area contributed by atoms with E-state index in [0.29, 0.717) is 5.69 Å². The van der Waals surface area contributed by atoms with Crippen molar-refractivity contribution in [3.05, 3.63) is 58.1 Å². The maximum Gasteiger partial charge on any atom is 0.257 e. The number of amides is 1. The lowest BCUT2D eigenvalue weighted by Crippen LogP contribution is -2.23. The van der Waals surface area contributed by atoms with Gasteiger partial charge in [0.2, 0.25) is 10.0 Å². The molecule has 0 aromatic heterocycles. The monoisotopic (exact) mass is 366 g/mol. The van der Waals surface area contributed by atoms with Crippen LogP contribution in [-0.4, -0.2) is 32.7 Å². The first-order valence-electron chi connectivity index (χ1n) is 7.24. The van der Waals surface area contributed by atoms with Gasteiger partial charge >= 0.3 is 0 Å². The standard InChI is InChI=1S/C17H19ClN2O3S/c1-11-6-5-7-16(12(11)2)19-17(21)14-10-13(8-9-15(14)18)24(22,23)20(3)4/h5-10H,1-4H3,(H,19,21). The fraction of sp³-hybridized carbons (Fsp3) is 0.235. The number of carbonyl (C=O) groups is 1. The second kappa shape index (κ2) is 6.93. The number of halogens is 1. The third-order valence-corrected chi connectivity index (χ3v) is 5.95. The van der Waals surface area contributed by atoms with Crippen LogP contribution in [0.25, 0.3) is 0 Å². The molecule has 2 rings (SSSR count). The van der Waals surface area contributed by atoms with Gasteiger partial charge in [0, 0.05) is 19.8 Å². The topological polar surface area (TPSA) is 66.5 Å². The lowest BCUT2D eigenvalue weighted by Gasteiger charge is -2.14. The summed E-state index contributed by atoms with van der Waals surface area (Å²) >= 11 is 6.09. The fourth-order valence-electron chi connectivity index (χ4n) is 2.13. The number of hydrogen-bond donors (Lipinski definition) is 1. The Hall–Kier alpha value is -1.89. The molecule has 1 amide bonds. The van der Waals surface area contributed by atoms with Gasteiger partial charge in [-0.1, -0.05) is 23.7 Å². The van der Waals surface area contributed by atoms with Gasteiger partial charge in [-0.3, -0.25) is 4.79 Å². The van der Waals surface area contributed by atoms with Crippen LogP contribution in [-0.2, 0) is 10.0 Å². The first kappa shape index (κ1) is 18.4. The molecule has 2 aromatic rings. The van der Waals surface area contributed by atoms with Crippen molar-refractivity contribution in [2.24, 2.45) is 0 Å². The highest BCUT2D eigenvalue weighted by atomic mass is 35.5. The summed E-state index contributed by atoms with van der Waals surface area (Å²) in [4.78, 5) is 12.6. The first-order chi connectivity index (χ1) is 11.1. The molecule has 0 bridgehead atoms. The summed E-state index contributed by atoms with van der Waals surface area (Å²) in [5.74, 6) is -0.454. The summed E-state index contributed by atoms with van der Waals surface area (Å²) in [7, 11) is -0.782. The van der Waals surface area contributed by atoms with Crippen molar-refractivity contribution < 1.29 is 13.2 Å². The van der Waals surface area contributed by atoms with E-state index in [1.54, 1.807) is 6.07 Å². The number of nitrogens with zero attached hydrogens (tertiary/aromatic N) is 1. The number of hydrogen-bond acceptors (Lipinski definition) is 3. The number of aryl methyl sites for hydroxylation is 1. The predicted molar refractivity (Wildman–Crippen MR) is 96.2 cm³/mol. The summed E-state index contributed by atoms with van der Waals surface area (Å²) in [5.41, 5.74) is 2.76. The van der Waals surface area contributed by atoms with Crippen LogP contribution in [0, 0.1) is 13.8 Å². The van der Waals surface area contributed by atoms with Crippen molar-refractivity contribution >= 4 is 33.2 Å². The summed E-state index contributed by atoms with van der Waals surface area (Å²) in [6.07, 6.45) is 0. The molecule has 0 aliphatic carbocycles. The Morgan fingerprint density at radius 1 is 1.12 bits per heavy atom. The molecule has 0 atom stereocenters. The molecule has 0 radical (unpaired) electrons. The molecule has 0 aliphatic rings. The van der Waals surface area contributed by atoms with Gasteiger partial charge in [-0.2, -0.15) is 0 Å². The lowest BCUT2D eigenvalue weighted by molar-refractivity contribution is 0.102. The van der Waals surface area contributed by atoms with Gasteiger partial charge in [0.15, 0.2) is 0 Å². The minimum Gasteiger partial charge on any atom is -0.322 e. The normalized spacial score (nSPS) is 11.6. The van der Waals surface area contributed by atoms with Crippen LogP contribution in [0.15, 0.2) is 41.3 Å². The van der Waals surface area contributed by atoms with Crippen LogP contribution >= 0.6 is 11.6 Å². The summed E-state index contributed by atoms with van der Waals surface area (Å²) in [5, 5.41) is 2.97. The van der Waals surface area contributed by atoms with Gasteiger partial charge in [-0.05, 0) is 49.2 Å². The van der Waals surface area contributed by atoms with Crippen molar-refractivity contribution in [1.29, 1.82) is 0 Å². The molecule has 2 aromatic carbocycles. The average molecular weight is 367 g/mol. The Morgan fingerprint density at radius 2 is 1.79 bits per heavy atom. The van der Waals surface area contributed by atoms with Crippen LogP contribution in [0.5, 0.6) is 0 Å². The molecule has 7 heteroatoms. The zero-order valence-corrected chi connectivity index (χ0v) is 15.5. The molecular formula is C17H19ClN2O3S. The SMILES string of the molecule is Cc1cccc(NC(=O)c2cc(S(=O)(=O)N(C)C)ccc2Cl)c1C. The molecule has 0 spiro atoms. The second-order valence-electron chi connectivity index (χ2n) is 5.63. The number of rotatable bonds is 4. The van der Waals surface area contributed by atoms with Crippen molar-refractivity contribution in [1.82, 2.24) is 4.31 Å². The molecule has 0 saturated heterocycles. The minimum absolute atomic E-state index is 0.0167. The van der Waals surface area contributed by atoms with E-state index < -0.39 is 15.9 Å². The van der Waals surface area contributed by atoms with Gasteiger partial charge in [0.05, 0.1) is 15.5 Å². The maximum absolute atomic E-state index is 12.5. The number of nitrogens with one attached hydrogen (secondary N) is 1. The number of sulfonamides is 1. The molecular weight excluding hydrogens is 348 g/mol. The van der Waals surface area contributed by atoms with E-state index in [2.05, 4.69) is 5.32 Å². The Bertz CT molecular complexity index is 893. The number of carbonyl (C=O) groups excluding carboxylic acids is 1. The van der Waals surface area contributed by atoms with Gasteiger partial charge in [-0.25, -0.2) is 12.7 Å². The molecule has 0 heterocycles. The van der Waals surface area contributed by atoms with E-state index in [4.69, 9.17) is 11.6 Å². The predicted octanol–water partition coefficient (Wildman–Crippen LogP) is 3.46. The van der Waals surface area contributed by atoms with Crippen LogP contribution in [0.2, 0.25) is 5.02 Å². The fourth-order valence-corrected chi connectivity index (χ4v) is 3.26. The highest BCUT2D eigenvalue weighted by molar-refractivity contribution is 7.89. The van der Waals surface area contributed by atoms with E-state index in [9.17, 15) is 13.2 Å². The molecule has 1 N–H and O–H groups in total. The van der Waals surface area contributed by atoms with Crippen LogP contribution in [0.4, 0.5) is 5.69 Å². The number of anilines is 1. The van der Waals surface area contributed by atoms with Crippen molar-refractivity contribution in [3.63, 3.8) is 0 Å². The zero-order chi connectivity index (χ0) is 18.1. The van der Waals surface area contributed by atoms with Gasteiger partial charge in [-0.15, -0.1) is 0 Å². The van der Waals surface area contributed by atoms with E-state index in [-0.39, 0.29) is 15.5 Å². The van der Waals surface area contributed by atoms with Crippen molar-refractivity contribution in [2.75, 3.05) is 19.4 Å². The lowest BCUT2D eigenvalue weighted by atomic mass is 10.1. The molecule has 128 valence electrons. The second-order valence-corrected chi connectivity index (χ2v) is 8.19. The third kappa shape index (κ3) is 3.61. The van der Waals surface area contributed by atoms with Crippen LogP contribution in [0.3, 0.4) is 0 Å². The average Bonchev–Trinajstić information content (AvgIpc) is 2.51. The highest BCUT2D eigenvalue weighted by Crippen LogP contribution is 2.24. The smallest absolute Gasteiger partial charge is 0.257 e. The van der Waals surface area contributed by atoms with Crippen LogP contribution in [0.1, 0.15) is 21.5 Å². The van der Waals surface area contributed by atoms with E-state index >= 15 is 0 Å². The molecule has 0 fully saturated rings. The largest absolute Gasteiger partial charge is 0.322 e. The molecule has 0 saturated carbocycles. The Kier molecular flexibility index (Phi) is 5.32. The summed E-state index contributed by atoms with van der Waals surface area (Å²) in [6.45, 7) is 3.85. The van der Waals surface area contributed by atoms with E-state index in [1.807, 2.05) is 26.0 Å². The maximum atomic E-state index is 12.5. The Morgan fingerprint density at radius 3 is 2.42 bits per heavy atom. The zero-order valence-electron chi connectivity index (χ0n) is 13.9. The molecule has 5 nitrogen and oxygen atoms in total. The van der Waals surface area contributed by atoms with Crippen molar-refractivity contribution in [3.8, 4) is 0 Å². The highest BCUT2D eigenvalue weighted by Gasteiger charge is 2.21. The van der Waals surface area contributed by atoms with Crippen LogP contribution < -0.4 is 5.32 Å². The Labute approximate surface area is 147 Å². The first-order valence-corrected chi connectivity index (χ1v) is 9.06. The third-order valence-electron chi connectivity index (χ3n) is 3.81. The van der Waals surface area contributed by atoms with Crippen molar-refractivity contribution in [2.45, 2.75) is 18.7 Å². The molecule has 0 unspecified atom stereocenters. The van der Waals surface area contributed by atoms with Gasteiger partial charge in [0.1, 0.15) is 0 Å². The number of benzene rings is 2. The summed E-state index contributed by atoms with van der Waals surface area (Å²) in [6, 6.07) is 9.66. The molecule has 24 heavy (non-hydrogen) atoms. The summed E-state index contributed by atoms with van der Waals surface area (Å²) < 4.78 is 25.5. The van der Waals surface area contributed by atoms with Gasteiger partial charge in [0.25, 0.3) is 5.91 Å².